The summed E-state index contributed by atoms with van der Waals surface area (Å²) in [6.07, 6.45) is 20.5. The Morgan fingerprint density at radius 3 is 1.93 bits per heavy atom. The minimum absolute atomic E-state index is 0.150. The number of rotatable bonds is 19. The number of benzene rings is 2. The third-order valence-corrected chi connectivity index (χ3v) is 8.17. The molecule has 0 N–H and O–H groups in total. The van der Waals surface area contributed by atoms with Crippen molar-refractivity contribution in [2.45, 2.75) is 117 Å². The van der Waals surface area contributed by atoms with E-state index in [1.54, 1.807) is 12.1 Å². The highest BCUT2D eigenvalue weighted by Gasteiger charge is 2.20. The van der Waals surface area contributed by atoms with Crippen LogP contribution in [0.4, 0.5) is 4.39 Å². The molecule has 0 saturated heterocycles. The number of hydrogen-bond donors (Lipinski definition) is 0. The maximum atomic E-state index is 14.4. The average Bonchev–Trinajstić information content (AvgIpc) is 2.97. The van der Waals surface area contributed by atoms with Gasteiger partial charge in [0, 0.05) is 0 Å². The molecule has 40 heavy (non-hydrogen) atoms. The summed E-state index contributed by atoms with van der Waals surface area (Å²) >= 11 is 0. The molecule has 5 heteroatoms. The van der Waals surface area contributed by atoms with Crippen LogP contribution in [0.25, 0.3) is 0 Å². The molecular formula is C35H51FO4. The second kappa shape index (κ2) is 18.7. The highest BCUT2D eigenvalue weighted by molar-refractivity contribution is 5.91. The smallest absolute Gasteiger partial charge is 0.343 e. The van der Waals surface area contributed by atoms with Gasteiger partial charge >= 0.3 is 5.97 Å². The van der Waals surface area contributed by atoms with Crippen LogP contribution in [-0.2, 0) is 0 Å². The van der Waals surface area contributed by atoms with E-state index in [-0.39, 0.29) is 11.3 Å². The van der Waals surface area contributed by atoms with E-state index in [1.807, 2.05) is 12.1 Å². The molecule has 0 aromatic heterocycles. The molecule has 0 atom stereocenters. The predicted octanol–water partition coefficient (Wildman–Crippen LogP) is 10.3. The lowest BCUT2D eigenvalue weighted by molar-refractivity contribution is 0.0734. The maximum absolute atomic E-state index is 14.4. The van der Waals surface area contributed by atoms with Gasteiger partial charge in [-0.25, -0.2) is 9.18 Å². The van der Waals surface area contributed by atoms with Gasteiger partial charge in [0.05, 0.1) is 18.8 Å². The molecule has 0 spiro atoms. The molecule has 1 aliphatic carbocycles. The van der Waals surface area contributed by atoms with Gasteiger partial charge in [0.1, 0.15) is 11.5 Å². The van der Waals surface area contributed by atoms with Gasteiger partial charge in [-0.2, -0.15) is 0 Å². The number of ether oxygens (including phenoxy) is 3. The van der Waals surface area contributed by atoms with E-state index < -0.39 is 11.8 Å². The van der Waals surface area contributed by atoms with E-state index in [2.05, 4.69) is 13.8 Å². The first-order valence-corrected chi connectivity index (χ1v) is 16.0. The summed E-state index contributed by atoms with van der Waals surface area (Å²) in [5.74, 6) is 1.97. The van der Waals surface area contributed by atoms with Gasteiger partial charge in [-0.15, -0.1) is 0 Å². The zero-order valence-corrected chi connectivity index (χ0v) is 24.9. The Morgan fingerprint density at radius 1 is 0.700 bits per heavy atom. The van der Waals surface area contributed by atoms with Crippen molar-refractivity contribution in [2.75, 3.05) is 13.2 Å². The van der Waals surface area contributed by atoms with Gasteiger partial charge < -0.3 is 14.2 Å². The van der Waals surface area contributed by atoms with E-state index in [0.717, 1.165) is 49.7 Å². The maximum Gasteiger partial charge on any atom is 0.343 e. The molecule has 0 radical (unpaired) electrons. The first-order chi connectivity index (χ1) is 19.6. The molecule has 222 valence electrons. The number of unbranched alkanes of at least 4 members (excludes halogenated alkanes) is 7. The lowest BCUT2D eigenvalue weighted by atomic mass is 9.78. The largest absolute Gasteiger partial charge is 0.494 e. The van der Waals surface area contributed by atoms with Crippen LogP contribution in [0.1, 0.15) is 127 Å². The van der Waals surface area contributed by atoms with Crippen LogP contribution in [0.5, 0.6) is 17.2 Å². The lowest BCUT2D eigenvalue weighted by Crippen LogP contribution is -2.15. The second-order valence-corrected chi connectivity index (χ2v) is 11.5. The summed E-state index contributed by atoms with van der Waals surface area (Å²) in [5, 5.41) is 0. The fourth-order valence-corrected chi connectivity index (χ4v) is 5.63. The summed E-state index contributed by atoms with van der Waals surface area (Å²) in [4.78, 5) is 12.5. The zero-order chi connectivity index (χ0) is 28.4. The standard InChI is InChI=1S/C35H51FO4/c1-3-5-7-9-10-13-28-15-17-29(18-16-28)14-12-26-38-31-20-22-32(23-21-31)40-35(37)30-19-24-34(33(36)27-30)39-25-11-8-6-4-2/h19-24,27-29H,3-18,25-26H2,1-2H3. The van der Waals surface area contributed by atoms with Gasteiger partial charge in [-0.3, -0.25) is 0 Å². The Kier molecular flexibility index (Phi) is 15.0. The zero-order valence-electron chi connectivity index (χ0n) is 24.9. The van der Waals surface area contributed by atoms with E-state index in [9.17, 15) is 9.18 Å². The molecule has 2 aromatic rings. The third-order valence-electron chi connectivity index (χ3n) is 8.17. The first-order valence-electron chi connectivity index (χ1n) is 16.0. The van der Waals surface area contributed by atoms with Crippen molar-refractivity contribution in [3.05, 3.63) is 53.8 Å². The monoisotopic (exact) mass is 554 g/mol. The molecule has 0 amide bonds. The average molecular weight is 555 g/mol. The minimum atomic E-state index is -0.603. The third kappa shape index (κ3) is 11.9. The van der Waals surface area contributed by atoms with Gasteiger partial charge in [-0.1, -0.05) is 97.3 Å². The Labute approximate surface area is 242 Å². The van der Waals surface area contributed by atoms with Gasteiger partial charge in [0.15, 0.2) is 11.6 Å². The molecule has 0 aliphatic heterocycles. The summed E-state index contributed by atoms with van der Waals surface area (Å²) < 4.78 is 31.3. The fraction of sp³-hybridized carbons (Fsp3) is 0.629. The molecule has 1 saturated carbocycles. The Hall–Kier alpha value is -2.56. The van der Waals surface area contributed by atoms with Crippen LogP contribution in [-0.4, -0.2) is 19.2 Å². The van der Waals surface area contributed by atoms with E-state index in [1.165, 1.54) is 88.8 Å². The molecule has 4 nitrogen and oxygen atoms in total. The number of carbonyl (C=O) groups excluding carboxylic acids is 1. The van der Waals surface area contributed by atoms with Crippen LogP contribution in [0.15, 0.2) is 42.5 Å². The van der Waals surface area contributed by atoms with Crippen LogP contribution >= 0.6 is 0 Å². The summed E-state index contributed by atoms with van der Waals surface area (Å²) in [7, 11) is 0. The highest BCUT2D eigenvalue weighted by Crippen LogP contribution is 2.34. The van der Waals surface area contributed by atoms with Crippen molar-refractivity contribution >= 4 is 5.97 Å². The van der Waals surface area contributed by atoms with Crippen molar-refractivity contribution < 1.29 is 23.4 Å². The van der Waals surface area contributed by atoms with E-state index in [0.29, 0.717) is 19.0 Å². The molecule has 1 aliphatic rings. The fourth-order valence-electron chi connectivity index (χ4n) is 5.63. The van der Waals surface area contributed by atoms with E-state index in [4.69, 9.17) is 14.2 Å². The lowest BCUT2D eigenvalue weighted by Gasteiger charge is -2.28. The van der Waals surface area contributed by atoms with Gasteiger partial charge in [-0.05, 0) is 73.6 Å². The summed E-state index contributed by atoms with van der Waals surface area (Å²) in [6, 6.07) is 11.2. The summed E-state index contributed by atoms with van der Waals surface area (Å²) in [5.41, 5.74) is 0.150. The van der Waals surface area contributed by atoms with Crippen LogP contribution < -0.4 is 14.2 Å². The number of hydrogen-bond acceptors (Lipinski definition) is 4. The van der Waals surface area contributed by atoms with Crippen molar-refractivity contribution in [1.82, 2.24) is 0 Å². The van der Waals surface area contributed by atoms with E-state index >= 15 is 0 Å². The topological polar surface area (TPSA) is 44.8 Å². The second-order valence-electron chi connectivity index (χ2n) is 11.5. The van der Waals surface area contributed by atoms with Gasteiger partial charge in [0.2, 0.25) is 0 Å². The van der Waals surface area contributed by atoms with Crippen molar-refractivity contribution in [3.8, 4) is 17.2 Å². The highest BCUT2D eigenvalue weighted by atomic mass is 19.1. The number of carbonyl (C=O) groups is 1. The van der Waals surface area contributed by atoms with Crippen LogP contribution in [0.3, 0.4) is 0 Å². The number of halogens is 1. The van der Waals surface area contributed by atoms with Crippen molar-refractivity contribution in [3.63, 3.8) is 0 Å². The van der Waals surface area contributed by atoms with Crippen LogP contribution in [0.2, 0.25) is 0 Å². The normalized spacial score (nSPS) is 17.0. The van der Waals surface area contributed by atoms with Gasteiger partial charge in [0.25, 0.3) is 0 Å². The Bertz CT molecular complexity index is 966. The van der Waals surface area contributed by atoms with Crippen LogP contribution in [0, 0.1) is 17.7 Å². The Balaban J connectivity index is 1.30. The first kappa shape index (κ1) is 32.0. The molecule has 0 heterocycles. The minimum Gasteiger partial charge on any atom is -0.494 e. The number of esters is 1. The van der Waals surface area contributed by atoms with Crippen molar-refractivity contribution in [2.24, 2.45) is 11.8 Å². The molecule has 2 aromatic carbocycles. The molecule has 0 unspecified atom stereocenters. The molecular weight excluding hydrogens is 503 g/mol. The SMILES string of the molecule is CCCCCCCC1CCC(CCCOc2ccc(OC(=O)c3ccc(OCCCCCC)c(F)c3)cc2)CC1. The van der Waals surface area contributed by atoms with Crippen molar-refractivity contribution in [1.29, 1.82) is 0 Å². The quantitative estimate of drug-likeness (QED) is 0.0984. The summed E-state index contributed by atoms with van der Waals surface area (Å²) in [6.45, 7) is 5.59. The molecule has 3 rings (SSSR count). The predicted molar refractivity (Wildman–Crippen MR) is 161 cm³/mol. The molecule has 0 bridgehead atoms. The Morgan fingerprint density at radius 2 is 1.27 bits per heavy atom. The molecule has 1 fully saturated rings.